The summed E-state index contributed by atoms with van der Waals surface area (Å²) < 4.78 is 0. The fourth-order valence-electron chi connectivity index (χ4n) is 3.44. The maximum Gasteiger partial charge on any atom is 0.117 e. The smallest absolute Gasteiger partial charge is 0.117 e. The number of likely N-dealkylation sites (tertiary alicyclic amines) is 1. The van der Waals surface area contributed by atoms with E-state index in [1.165, 1.54) is 5.56 Å². The molecule has 1 aliphatic rings. The van der Waals surface area contributed by atoms with E-state index in [9.17, 15) is 0 Å². The number of rotatable bonds is 6. The van der Waals surface area contributed by atoms with E-state index in [0.717, 1.165) is 54.6 Å². The Morgan fingerprint density at radius 2 is 1.88 bits per heavy atom. The van der Waals surface area contributed by atoms with E-state index in [-0.39, 0.29) is 0 Å². The maximum absolute atomic E-state index is 5.96. The molecule has 0 aliphatic carbocycles. The lowest BCUT2D eigenvalue weighted by molar-refractivity contribution is 0.319. The molecule has 1 aliphatic heterocycles. The Bertz CT molecular complexity index is 831. The predicted molar refractivity (Wildman–Crippen MR) is 104 cm³/mol. The summed E-state index contributed by atoms with van der Waals surface area (Å²) >= 11 is 5.96. The molecule has 1 atom stereocenters. The third-order valence-corrected chi connectivity index (χ3v) is 5.07. The van der Waals surface area contributed by atoms with E-state index >= 15 is 0 Å². The average molecular weight is 368 g/mol. The van der Waals surface area contributed by atoms with E-state index in [1.54, 1.807) is 0 Å². The highest BCUT2D eigenvalue weighted by atomic mass is 35.5. The molecule has 134 valence electrons. The molecule has 2 N–H and O–H groups in total. The first-order chi connectivity index (χ1) is 12.8. The van der Waals surface area contributed by atoms with Gasteiger partial charge in [0.25, 0.3) is 0 Å². The molecule has 3 aromatic rings. The van der Waals surface area contributed by atoms with Gasteiger partial charge in [-0.3, -0.25) is 4.90 Å². The van der Waals surface area contributed by atoms with Crippen LogP contribution in [0.3, 0.4) is 0 Å². The van der Waals surface area contributed by atoms with Crippen molar-refractivity contribution in [2.24, 2.45) is 0 Å². The number of aromatic nitrogens is 3. The largest absolute Gasteiger partial charge is 0.307 e. The highest BCUT2D eigenvalue weighted by Gasteiger charge is 2.22. The van der Waals surface area contributed by atoms with Crippen molar-refractivity contribution in [2.75, 3.05) is 13.1 Å². The number of benzene rings is 2. The van der Waals surface area contributed by atoms with Crippen LogP contribution in [0.5, 0.6) is 0 Å². The van der Waals surface area contributed by atoms with Crippen molar-refractivity contribution in [3.05, 3.63) is 70.9 Å². The zero-order valence-corrected chi connectivity index (χ0v) is 15.3. The molecule has 26 heavy (non-hydrogen) atoms. The number of hydrogen-bond donors (Lipinski definition) is 2. The minimum atomic E-state index is 0.475. The normalized spacial score (nSPS) is 17.7. The molecule has 0 spiro atoms. The summed E-state index contributed by atoms with van der Waals surface area (Å²) in [7, 11) is 0. The summed E-state index contributed by atoms with van der Waals surface area (Å²) in [5, 5.41) is 15.8. The molecule has 0 amide bonds. The van der Waals surface area contributed by atoms with Gasteiger partial charge in [-0.2, -0.15) is 15.4 Å². The number of H-pyrrole nitrogens is 1. The highest BCUT2D eigenvalue weighted by Crippen LogP contribution is 2.20. The van der Waals surface area contributed by atoms with E-state index in [0.29, 0.717) is 6.04 Å². The first-order valence-corrected chi connectivity index (χ1v) is 9.31. The lowest BCUT2D eigenvalue weighted by Gasteiger charge is -2.16. The molecular formula is C20H22ClN5. The Hall–Kier alpha value is -2.21. The third-order valence-electron chi connectivity index (χ3n) is 4.82. The van der Waals surface area contributed by atoms with Gasteiger partial charge in [-0.25, -0.2) is 0 Å². The van der Waals surface area contributed by atoms with Crippen LogP contribution in [-0.2, 0) is 13.1 Å². The lowest BCUT2D eigenvalue weighted by atomic mass is 10.1. The van der Waals surface area contributed by atoms with E-state index in [1.807, 2.05) is 30.3 Å². The molecule has 4 rings (SSSR count). The van der Waals surface area contributed by atoms with Crippen LogP contribution in [0.2, 0.25) is 5.02 Å². The van der Waals surface area contributed by atoms with Gasteiger partial charge in [-0.15, -0.1) is 0 Å². The molecule has 5 nitrogen and oxygen atoms in total. The first kappa shape index (κ1) is 17.2. The van der Waals surface area contributed by atoms with Crippen LogP contribution in [0, 0.1) is 0 Å². The minimum absolute atomic E-state index is 0.475. The predicted octanol–water partition coefficient (Wildman–Crippen LogP) is 3.49. The van der Waals surface area contributed by atoms with Gasteiger partial charge in [0, 0.05) is 42.8 Å². The van der Waals surface area contributed by atoms with Gasteiger partial charge in [0.15, 0.2) is 0 Å². The minimum Gasteiger partial charge on any atom is -0.307 e. The second-order valence-corrected chi connectivity index (χ2v) is 7.15. The van der Waals surface area contributed by atoms with Gasteiger partial charge in [0.05, 0.1) is 0 Å². The molecule has 2 heterocycles. The SMILES string of the molecule is Clc1ccc(CN2CC[C@H](NCc3n[nH]nc3-c3ccccc3)C2)cc1. The van der Waals surface area contributed by atoms with Gasteiger partial charge in [-0.05, 0) is 24.1 Å². The molecule has 6 heteroatoms. The summed E-state index contributed by atoms with van der Waals surface area (Å²) in [4.78, 5) is 2.47. The number of nitrogens with one attached hydrogen (secondary N) is 2. The van der Waals surface area contributed by atoms with Gasteiger partial charge in [0.2, 0.25) is 0 Å². The van der Waals surface area contributed by atoms with Crippen LogP contribution in [0.1, 0.15) is 17.7 Å². The molecule has 1 fully saturated rings. The van der Waals surface area contributed by atoms with Crippen molar-refractivity contribution in [1.82, 2.24) is 25.6 Å². The van der Waals surface area contributed by atoms with E-state index in [4.69, 9.17) is 11.6 Å². The summed E-state index contributed by atoms with van der Waals surface area (Å²) in [6.45, 7) is 3.83. The molecule has 0 bridgehead atoms. The molecule has 0 unspecified atom stereocenters. The molecular weight excluding hydrogens is 346 g/mol. The molecule has 0 saturated carbocycles. The number of nitrogens with zero attached hydrogens (tertiary/aromatic N) is 3. The zero-order chi connectivity index (χ0) is 17.8. The fraction of sp³-hybridized carbons (Fsp3) is 0.300. The topological polar surface area (TPSA) is 56.8 Å². The van der Waals surface area contributed by atoms with Crippen LogP contribution >= 0.6 is 11.6 Å². The average Bonchev–Trinajstić information content (AvgIpc) is 3.32. The molecule has 2 aromatic carbocycles. The van der Waals surface area contributed by atoms with Crippen LogP contribution in [0.15, 0.2) is 54.6 Å². The van der Waals surface area contributed by atoms with Crippen molar-refractivity contribution in [3.63, 3.8) is 0 Å². The summed E-state index contributed by atoms with van der Waals surface area (Å²) in [6, 6.07) is 18.8. The van der Waals surface area contributed by atoms with Gasteiger partial charge < -0.3 is 5.32 Å². The van der Waals surface area contributed by atoms with Crippen molar-refractivity contribution in [2.45, 2.75) is 25.6 Å². The van der Waals surface area contributed by atoms with Gasteiger partial charge in [0.1, 0.15) is 11.4 Å². The number of hydrogen-bond acceptors (Lipinski definition) is 4. The van der Waals surface area contributed by atoms with Crippen molar-refractivity contribution < 1.29 is 0 Å². The maximum atomic E-state index is 5.96. The van der Waals surface area contributed by atoms with E-state index < -0.39 is 0 Å². The van der Waals surface area contributed by atoms with Crippen molar-refractivity contribution in [3.8, 4) is 11.3 Å². The summed E-state index contributed by atoms with van der Waals surface area (Å²) in [6.07, 6.45) is 1.14. The number of aromatic amines is 1. The quantitative estimate of drug-likeness (QED) is 0.700. The summed E-state index contributed by atoms with van der Waals surface area (Å²) in [5.41, 5.74) is 4.29. The van der Waals surface area contributed by atoms with Crippen molar-refractivity contribution in [1.29, 1.82) is 0 Å². The standard InChI is InChI=1S/C20H22ClN5/c21-17-8-6-15(7-9-17)13-26-11-10-18(14-26)22-12-19-20(24-25-23-19)16-4-2-1-3-5-16/h1-9,18,22H,10-14H2,(H,23,24,25)/t18-/m0/s1. The van der Waals surface area contributed by atoms with Crippen LogP contribution in [0.4, 0.5) is 0 Å². The van der Waals surface area contributed by atoms with E-state index in [2.05, 4.69) is 49.9 Å². The molecule has 0 radical (unpaired) electrons. The van der Waals surface area contributed by atoms with Crippen LogP contribution < -0.4 is 5.32 Å². The Morgan fingerprint density at radius 1 is 1.08 bits per heavy atom. The van der Waals surface area contributed by atoms with Gasteiger partial charge >= 0.3 is 0 Å². The third kappa shape index (κ3) is 4.12. The Morgan fingerprint density at radius 3 is 2.69 bits per heavy atom. The highest BCUT2D eigenvalue weighted by molar-refractivity contribution is 6.30. The first-order valence-electron chi connectivity index (χ1n) is 8.93. The van der Waals surface area contributed by atoms with Crippen LogP contribution in [0.25, 0.3) is 11.3 Å². The summed E-state index contributed by atoms with van der Waals surface area (Å²) in [5.74, 6) is 0. The second-order valence-electron chi connectivity index (χ2n) is 6.71. The van der Waals surface area contributed by atoms with Crippen molar-refractivity contribution >= 4 is 11.6 Å². The molecule has 1 aromatic heterocycles. The second kappa shape index (κ2) is 7.99. The Balaban J connectivity index is 1.31. The van der Waals surface area contributed by atoms with Crippen LogP contribution in [-0.4, -0.2) is 39.4 Å². The Kier molecular flexibility index (Phi) is 5.29. The van der Waals surface area contributed by atoms with Gasteiger partial charge in [-0.1, -0.05) is 54.1 Å². The monoisotopic (exact) mass is 367 g/mol. The molecule has 1 saturated heterocycles. The fourth-order valence-corrected chi connectivity index (χ4v) is 3.56. The zero-order valence-electron chi connectivity index (χ0n) is 14.5. The lowest BCUT2D eigenvalue weighted by Crippen LogP contribution is -2.32. The number of halogens is 1. The Labute approximate surface area is 158 Å².